The van der Waals surface area contributed by atoms with Crippen LogP contribution in [0.1, 0.15) is 31.7 Å². The van der Waals surface area contributed by atoms with Gasteiger partial charge in [0.2, 0.25) is 5.91 Å². The molecule has 1 aliphatic rings. The van der Waals surface area contributed by atoms with Crippen LogP contribution >= 0.6 is 0 Å². The third-order valence-corrected chi connectivity index (χ3v) is 3.27. The van der Waals surface area contributed by atoms with E-state index < -0.39 is 0 Å². The Morgan fingerprint density at radius 3 is 2.78 bits per heavy atom. The van der Waals surface area contributed by atoms with Gasteiger partial charge in [0.1, 0.15) is 0 Å². The van der Waals surface area contributed by atoms with Crippen molar-refractivity contribution in [2.45, 2.75) is 32.2 Å². The van der Waals surface area contributed by atoms with Gasteiger partial charge in [-0.3, -0.25) is 4.79 Å². The summed E-state index contributed by atoms with van der Waals surface area (Å²) in [5.41, 5.74) is 7.84. The monoisotopic (exact) mass is 244 g/mol. The summed E-state index contributed by atoms with van der Waals surface area (Å²) in [4.78, 5) is 12.0. The highest BCUT2D eigenvalue weighted by atomic mass is 16.1. The molecule has 2 unspecified atom stereocenters. The molecule has 0 radical (unpaired) electrons. The third-order valence-electron chi connectivity index (χ3n) is 3.27. The van der Waals surface area contributed by atoms with Gasteiger partial charge in [0, 0.05) is 11.7 Å². The number of carbonyl (C=O) groups is 1. The summed E-state index contributed by atoms with van der Waals surface area (Å²) in [5.74, 6) is 0.393. The lowest BCUT2D eigenvalue weighted by Crippen LogP contribution is -2.24. The van der Waals surface area contributed by atoms with Crippen molar-refractivity contribution >= 4 is 11.6 Å². The van der Waals surface area contributed by atoms with E-state index in [1.54, 1.807) is 0 Å². The van der Waals surface area contributed by atoms with E-state index in [-0.39, 0.29) is 17.9 Å². The summed E-state index contributed by atoms with van der Waals surface area (Å²) >= 11 is 0. The smallest absolute Gasteiger partial charge is 0.231 e. The quantitative estimate of drug-likeness (QED) is 0.803. The van der Waals surface area contributed by atoms with Crippen molar-refractivity contribution in [1.29, 1.82) is 0 Å². The molecular formula is C15H20N2O. The summed E-state index contributed by atoms with van der Waals surface area (Å²) < 4.78 is 0. The van der Waals surface area contributed by atoms with Crippen LogP contribution in [-0.4, -0.2) is 11.9 Å². The predicted molar refractivity (Wildman–Crippen MR) is 74.4 cm³/mol. The molecule has 1 aliphatic carbocycles. The second-order valence-electron chi connectivity index (χ2n) is 5.16. The fourth-order valence-corrected chi connectivity index (χ4v) is 2.13. The Hall–Kier alpha value is -1.61. The molecule has 96 valence electrons. The highest BCUT2D eigenvalue weighted by Gasteiger charge is 2.22. The number of nitrogens with one attached hydrogen (secondary N) is 1. The highest BCUT2D eigenvalue weighted by Crippen LogP contribution is 2.21. The summed E-state index contributed by atoms with van der Waals surface area (Å²) in [6, 6.07) is 8.01. The number of rotatable bonds is 3. The van der Waals surface area contributed by atoms with Gasteiger partial charge in [-0.25, -0.2) is 0 Å². The van der Waals surface area contributed by atoms with Gasteiger partial charge < -0.3 is 11.1 Å². The first kappa shape index (κ1) is 12.8. The van der Waals surface area contributed by atoms with E-state index in [0.29, 0.717) is 12.3 Å². The molecule has 18 heavy (non-hydrogen) atoms. The molecule has 0 fully saturated rings. The number of hydrogen-bond acceptors (Lipinski definition) is 2. The SMILES string of the molecule is CC(C)c1cccc(NC(=O)C2C=CC(N)C2)c1. The zero-order chi connectivity index (χ0) is 13.1. The minimum atomic E-state index is -0.0947. The highest BCUT2D eigenvalue weighted by molar-refractivity contribution is 5.94. The van der Waals surface area contributed by atoms with Gasteiger partial charge in [-0.05, 0) is 30.0 Å². The first-order valence-corrected chi connectivity index (χ1v) is 6.41. The molecular weight excluding hydrogens is 224 g/mol. The topological polar surface area (TPSA) is 55.1 Å². The second kappa shape index (κ2) is 5.36. The van der Waals surface area contributed by atoms with E-state index in [9.17, 15) is 4.79 Å². The van der Waals surface area contributed by atoms with Crippen molar-refractivity contribution in [3.63, 3.8) is 0 Å². The first-order valence-electron chi connectivity index (χ1n) is 6.41. The standard InChI is InChI=1S/C15H20N2O/c1-10(2)11-4-3-5-14(9-11)17-15(18)12-6-7-13(16)8-12/h3-7,9-10,12-13H,8,16H2,1-2H3,(H,17,18). The van der Waals surface area contributed by atoms with Crippen molar-refractivity contribution in [3.8, 4) is 0 Å². The largest absolute Gasteiger partial charge is 0.326 e. The molecule has 0 spiro atoms. The maximum absolute atomic E-state index is 12.0. The van der Waals surface area contributed by atoms with Crippen molar-refractivity contribution in [3.05, 3.63) is 42.0 Å². The maximum atomic E-state index is 12.0. The average molecular weight is 244 g/mol. The summed E-state index contributed by atoms with van der Waals surface area (Å²) in [6.07, 6.45) is 4.50. The maximum Gasteiger partial charge on any atom is 0.231 e. The molecule has 0 bridgehead atoms. The zero-order valence-corrected chi connectivity index (χ0v) is 10.9. The van der Waals surface area contributed by atoms with Gasteiger partial charge in [0.25, 0.3) is 0 Å². The van der Waals surface area contributed by atoms with Crippen LogP contribution in [0.5, 0.6) is 0 Å². The Kier molecular flexibility index (Phi) is 3.82. The van der Waals surface area contributed by atoms with E-state index in [2.05, 4.69) is 25.2 Å². The minimum Gasteiger partial charge on any atom is -0.326 e. The molecule has 1 aromatic carbocycles. The summed E-state index contributed by atoms with van der Waals surface area (Å²) in [7, 11) is 0. The lowest BCUT2D eigenvalue weighted by atomic mass is 10.0. The summed E-state index contributed by atoms with van der Waals surface area (Å²) in [5, 5.41) is 2.95. The molecule has 2 rings (SSSR count). The fraction of sp³-hybridized carbons (Fsp3) is 0.400. The Morgan fingerprint density at radius 1 is 1.39 bits per heavy atom. The van der Waals surface area contributed by atoms with Gasteiger partial charge >= 0.3 is 0 Å². The Balaban J connectivity index is 2.03. The van der Waals surface area contributed by atoms with Crippen LogP contribution in [0.3, 0.4) is 0 Å². The van der Waals surface area contributed by atoms with E-state index >= 15 is 0 Å². The Bertz CT molecular complexity index is 465. The molecule has 0 aromatic heterocycles. The minimum absolute atomic E-state index is 0.0164. The van der Waals surface area contributed by atoms with Gasteiger partial charge in [-0.1, -0.05) is 38.1 Å². The van der Waals surface area contributed by atoms with Crippen LogP contribution in [0.2, 0.25) is 0 Å². The molecule has 2 atom stereocenters. The molecule has 1 amide bonds. The van der Waals surface area contributed by atoms with E-state index in [1.807, 2.05) is 30.4 Å². The molecule has 0 aliphatic heterocycles. The number of anilines is 1. The van der Waals surface area contributed by atoms with Crippen LogP contribution in [0.25, 0.3) is 0 Å². The Labute approximate surface area is 108 Å². The van der Waals surface area contributed by atoms with Crippen molar-refractivity contribution in [2.24, 2.45) is 11.7 Å². The van der Waals surface area contributed by atoms with Crippen molar-refractivity contribution in [2.75, 3.05) is 5.32 Å². The molecule has 0 heterocycles. The predicted octanol–water partition coefficient (Wildman–Crippen LogP) is 2.65. The number of benzene rings is 1. The zero-order valence-electron chi connectivity index (χ0n) is 10.9. The molecule has 0 saturated carbocycles. The van der Waals surface area contributed by atoms with Crippen LogP contribution in [-0.2, 0) is 4.79 Å². The van der Waals surface area contributed by atoms with Crippen LogP contribution in [0.4, 0.5) is 5.69 Å². The Morgan fingerprint density at radius 2 is 2.17 bits per heavy atom. The van der Waals surface area contributed by atoms with Crippen LogP contribution in [0.15, 0.2) is 36.4 Å². The van der Waals surface area contributed by atoms with E-state index in [0.717, 1.165) is 5.69 Å². The van der Waals surface area contributed by atoms with Crippen molar-refractivity contribution in [1.82, 2.24) is 0 Å². The van der Waals surface area contributed by atoms with Gasteiger partial charge in [0.05, 0.1) is 5.92 Å². The molecule has 3 heteroatoms. The van der Waals surface area contributed by atoms with E-state index in [4.69, 9.17) is 5.73 Å². The summed E-state index contributed by atoms with van der Waals surface area (Å²) in [6.45, 7) is 4.28. The van der Waals surface area contributed by atoms with Gasteiger partial charge in [0.15, 0.2) is 0 Å². The van der Waals surface area contributed by atoms with E-state index in [1.165, 1.54) is 5.56 Å². The third kappa shape index (κ3) is 2.99. The van der Waals surface area contributed by atoms with Gasteiger partial charge in [-0.15, -0.1) is 0 Å². The van der Waals surface area contributed by atoms with Crippen molar-refractivity contribution < 1.29 is 4.79 Å². The molecule has 0 saturated heterocycles. The number of amides is 1. The van der Waals surface area contributed by atoms with Crippen LogP contribution < -0.4 is 11.1 Å². The number of carbonyl (C=O) groups excluding carboxylic acids is 1. The lowest BCUT2D eigenvalue weighted by molar-refractivity contribution is -0.118. The molecule has 3 nitrogen and oxygen atoms in total. The van der Waals surface area contributed by atoms with Crippen LogP contribution in [0, 0.1) is 5.92 Å². The normalized spacial score (nSPS) is 22.4. The lowest BCUT2D eigenvalue weighted by Gasteiger charge is -2.12. The molecule has 3 N–H and O–H groups in total. The van der Waals surface area contributed by atoms with Gasteiger partial charge in [-0.2, -0.15) is 0 Å². The fourth-order valence-electron chi connectivity index (χ4n) is 2.13. The number of hydrogen-bond donors (Lipinski definition) is 2. The average Bonchev–Trinajstić information content (AvgIpc) is 2.76. The second-order valence-corrected chi connectivity index (χ2v) is 5.16. The first-order chi connectivity index (χ1) is 8.56. The number of nitrogens with two attached hydrogens (primary N) is 1. The molecule has 1 aromatic rings.